The minimum absolute atomic E-state index is 0.121. The Bertz CT molecular complexity index is 1670. The van der Waals surface area contributed by atoms with Crippen LogP contribution >= 0.6 is 0 Å². The molecule has 2 heterocycles. The van der Waals surface area contributed by atoms with Crippen LogP contribution < -0.4 is 31.5 Å². The molecule has 51 heavy (non-hydrogen) atoms. The minimum atomic E-state index is -0.691. The van der Waals surface area contributed by atoms with Crippen molar-refractivity contribution >= 4 is 35.4 Å². The van der Waals surface area contributed by atoms with Gasteiger partial charge in [0.25, 0.3) is 11.8 Å². The predicted molar refractivity (Wildman–Crippen MR) is 194 cm³/mol. The highest BCUT2D eigenvalue weighted by Crippen LogP contribution is 2.25. The van der Waals surface area contributed by atoms with Gasteiger partial charge in [0.05, 0.1) is 18.6 Å². The number of ether oxygens (including phenoxy) is 1. The van der Waals surface area contributed by atoms with Crippen molar-refractivity contribution < 1.29 is 28.7 Å². The number of hydrogen-bond acceptors (Lipinski definition) is 8. The lowest BCUT2D eigenvalue weighted by molar-refractivity contribution is -0.130. The van der Waals surface area contributed by atoms with Gasteiger partial charge in [-0.05, 0) is 75.4 Å². The SMILES string of the molecule is CCNC(=O)[C@@H](NC(=O)[C@H](C)NC[C@H](Cc1ccccc1)NC(=O)c1cc(C(=O)NC(C)c2cccnc2)cc(N2CC(C)OC2=O)c1)C(C)C. The van der Waals surface area contributed by atoms with Crippen LogP contribution in [0.3, 0.4) is 0 Å². The number of aromatic nitrogens is 1. The van der Waals surface area contributed by atoms with E-state index in [0.717, 1.165) is 11.1 Å². The molecule has 1 aliphatic heterocycles. The summed E-state index contributed by atoms with van der Waals surface area (Å²) < 4.78 is 5.33. The number of nitrogens with one attached hydrogen (secondary N) is 5. The number of rotatable bonds is 16. The molecule has 13 nitrogen and oxygen atoms in total. The highest BCUT2D eigenvalue weighted by atomic mass is 16.6. The molecular formula is C38H49N7O6. The Labute approximate surface area is 299 Å². The number of hydrogen-bond donors (Lipinski definition) is 5. The maximum atomic E-state index is 14.0. The number of cyclic esters (lactones) is 1. The largest absolute Gasteiger partial charge is 0.444 e. The molecule has 5 N–H and O–H groups in total. The molecule has 4 rings (SSSR count). The zero-order valence-electron chi connectivity index (χ0n) is 30.1. The van der Waals surface area contributed by atoms with Crippen molar-refractivity contribution in [2.24, 2.45) is 5.92 Å². The lowest BCUT2D eigenvalue weighted by Gasteiger charge is -2.25. The zero-order chi connectivity index (χ0) is 37.1. The summed E-state index contributed by atoms with van der Waals surface area (Å²) >= 11 is 0. The number of pyridine rings is 1. The summed E-state index contributed by atoms with van der Waals surface area (Å²) in [6, 6.07) is 15.6. The molecule has 0 radical (unpaired) electrons. The van der Waals surface area contributed by atoms with Gasteiger partial charge in [0, 0.05) is 48.3 Å². The average molecular weight is 700 g/mol. The van der Waals surface area contributed by atoms with E-state index >= 15 is 0 Å². The molecule has 2 unspecified atom stereocenters. The number of likely N-dealkylation sites (N-methyl/N-ethyl adjacent to an activating group) is 1. The summed E-state index contributed by atoms with van der Waals surface area (Å²) in [4.78, 5) is 71.4. The highest BCUT2D eigenvalue weighted by molar-refractivity contribution is 6.03. The summed E-state index contributed by atoms with van der Waals surface area (Å²) in [5.41, 5.74) is 2.48. The molecular weight excluding hydrogens is 650 g/mol. The second-order valence-corrected chi connectivity index (χ2v) is 13.2. The van der Waals surface area contributed by atoms with Gasteiger partial charge in [0.1, 0.15) is 12.1 Å². The fourth-order valence-electron chi connectivity index (χ4n) is 5.69. The van der Waals surface area contributed by atoms with E-state index in [-0.39, 0.29) is 54.1 Å². The Kier molecular flexibility index (Phi) is 13.7. The van der Waals surface area contributed by atoms with Crippen molar-refractivity contribution in [2.45, 2.75) is 78.2 Å². The summed E-state index contributed by atoms with van der Waals surface area (Å²) in [6.07, 6.45) is 2.82. The second kappa shape index (κ2) is 18.1. The molecule has 13 heteroatoms. The van der Waals surface area contributed by atoms with Gasteiger partial charge in [0.2, 0.25) is 11.8 Å². The van der Waals surface area contributed by atoms with Crippen LogP contribution in [0.4, 0.5) is 10.5 Å². The number of carbonyl (C=O) groups excluding carboxylic acids is 5. The molecule has 5 atom stereocenters. The number of nitrogens with zero attached hydrogens (tertiary/aromatic N) is 2. The fourth-order valence-corrected chi connectivity index (χ4v) is 5.69. The normalized spacial score (nSPS) is 16.4. The number of anilines is 1. The summed E-state index contributed by atoms with van der Waals surface area (Å²) in [5.74, 6) is -1.62. The molecule has 1 aromatic heterocycles. The van der Waals surface area contributed by atoms with Crippen LogP contribution in [0.15, 0.2) is 73.1 Å². The summed E-state index contributed by atoms with van der Waals surface area (Å²) in [5, 5.41) is 14.8. The van der Waals surface area contributed by atoms with Crippen LogP contribution in [0, 0.1) is 5.92 Å². The molecule has 0 saturated carbocycles. The summed E-state index contributed by atoms with van der Waals surface area (Å²) in [6.45, 7) is 11.8. The maximum absolute atomic E-state index is 14.0. The van der Waals surface area contributed by atoms with Gasteiger partial charge < -0.3 is 31.3 Å². The summed E-state index contributed by atoms with van der Waals surface area (Å²) in [7, 11) is 0. The Morgan fingerprint density at radius 1 is 0.902 bits per heavy atom. The van der Waals surface area contributed by atoms with E-state index in [1.54, 1.807) is 44.4 Å². The predicted octanol–water partition coefficient (Wildman–Crippen LogP) is 3.51. The molecule has 1 aliphatic rings. The molecule has 3 aromatic rings. The Morgan fingerprint density at radius 2 is 1.59 bits per heavy atom. The molecule has 2 aromatic carbocycles. The van der Waals surface area contributed by atoms with Crippen LogP contribution in [-0.2, 0) is 20.7 Å². The van der Waals surface area contributed by atoms with Crippen molar-refractivity contribution in [2.75, 3.05) is 24.5 Å². The van der Waals surface area contributed by atoms with Gasteiger partial charge in [-0.1, -0.05) is 50.2 Å². The third-order valence-corrected chi connectivity index (χ3v) is 8.57. The van der Waals surface area contributed by atoms with E-state index in [2.05, 4.69) is 31.6 Å². The first-order valence-electron chi connectivity index (χ1n) is 17.4. The third kappa shape index (κ3) is 10.8. The fraction of sp³-hybridized carbons (Fsp3) is 0.421. The van der Waals surface area contributed by atoms with E-state index in [1.165, 1.54) is 11.0 Å². The van der Waals surface area contributed by atoms with Gasteiger partial charge in [-0.3, -0.25) is 29.1 Å². The molecule has 0 aliphatic carbocycles. The van der Waals surface area contributed by atoms with Gasteiger partial charge in [0.15, 0.2) is 0 Å². The second-order valence-electron chi connectivity index (χ2n) is 13.2. The number of carbonyl (C=O) groups is 5. The molecule has 272 valence electrons. The monoisotopic (exact) mass is 699 g/mol. The Hall–Kier alpha value is -5.30. The van der Waals surface area contributed by atoms with E-state index in [4.69, 9.17) is 4.74 Å². The van der Waals surface area contributed by atoms with Crippen molar-refractivity contribution in [1.82, 2.24) is 31.6 Å². The Morgan fingerprint density at radius 3 is 2.18 bits per heavy atom. The van der Waals surface area contributed by atoms with Gasteiger partial charge >= 0.3 is 6.09 Å². The first kappa shape index (κ1) is 38.5. The maximum Gasteiger partial charge on any atom is 0.414 e. The van der Waals surface area contributed by atoms with Gasteiger partial charge in [-0.2, -0.15) is 0 Å². The first-order chi connectivity index (χ1) is 24.4. The third-order valence-electron chi connectivity index (χ3n) is 8.57. The van der Waals surface area contributed by atoms with E-state index in [1.807, 2.05) is 64.1 Å². The van der Waals surface area contributed by atoms with Gasteiger partial charge in [-0.25, -0.2) is 4.79 Å². The zero-order valence-corrected chi connectivity index (χ0v) is 30.1. The smallest absolute Gasteiger partial charge is 0.414 e. The number of benzene rings is 2. The molecule has 5 amide bonds. The topological polar surface area (TPSA) is 171 Å². The van der Waals surface area contributed by atoms with E-state index in [0.29, 0.717) is 18.7 Å². The van der Waals surface area contributed by atoms with Gasteiger partial charge in [-0.15, -0.1) is 0 Å². The van der Waals surface area contributed by atoms with Crippen LogP contribution in [-0.4, -0.2) is 78.6 Å². The number of amides is 5. The standard InChI is InChI=1S/C38H49N7O6/c1-7-40-37(49)33(23(2)3)44-34(46)26(6)41-21-31(16-27-12-9-8-10-13-27)43-36(48)30-17-29(18-32(19-30)45-22-24(4)51-38(45)50)35(47)42-25(5)28-14-11-15-39-20-28/h8-15,17-20,23-26,31,33,41H,7,16,21-22H2,1-6H3,(H,40,49)(H,42,47)(H,43,48)(H,44,46)/t24?,25?,26-,31-,33-/m0/s1. The first-order valence-corrected chi connectivity index (χ1v) is 17.4. The van der Waals surface area contributed by atoms with E-state index in [9.17, 15) is 24.0 Å². The van der Waals surface area contributed by atoms with Crippen LogP contribution in [0.1, 0.15) is 79.4 Å². The van der Waals surface area contributed by atoms with Crippen molar-refractivity contribution in [1.29, 1.82) is 0 Å². The average Bonchev–Trinajstić information content (AvgIpc) is 3.46. The van der Waals surface area contributed by atoms with Crippen molar-refractivity contribution in [3.8, 4) is 0 Å². The lowest BCUT2D eigenvalue weighted by Crippen LogP contribution is -2.55. The van der Waals surface area contributed by atoms with Crippen LogP contribution in [0.5, 0.6) is 0 Å². The van der Waals surface area contributed by atoms with Crippen molar-refractivity contribution in [3.63, 3.8) is 0 Å². The molecule has 0 spiro atoms. The van der Waals surface area contributed by atoms with E-state index < -0.39 is 36.0 Å². The van der Waals surface area contributed by atoms with Crippen molar-refractivity contribution in [3.05, 3.63) is 95.3 Å². The van der Waals surface area contributed by atoms with Crippen LogP contribution in [0.2, 0.25) is 0 Å². The highest BCUT2D eigenvalue weighted by Gasteiger charge is 2.31. The molecule has 1 fully saturated rings. The minimum Gasteiger partial charge on any atom is -0.444 e. The lowest BCUT2D eigenvalue weighted by atomic mass is 10.0. The quantitative estimate of drug-likeness (QED) is 0.151. The van der Waals surface area contributed by atoms with Crippen LogP contribution in [0.25, 0.3) is 0 Å². The Balaban J connectivity index is 1.56. The molecule has 1 saturated heterocycles. The molecule has 0 bridgehead atoms.